The quantitative estimate of drug-likeness (QED) is 0.537. The van der Waals surface area contributed by atoms with Crippen LogP contribution >= 0.6 is 0 Å². The second-order valence-electron chi connectivity index (χ2n) is 10.2. The molecule has 3 saturated heterocycles. The number of hydrogen-bond acceptors (Lipinski definition) is 6. The van der Waals surface area contributed by atoms with Crippen LogP contribution in [-0.2, 0) is 16.4 Å². The maximum atomic E-state index is 13.3. The Morgan fingerprint density at radius 3 is 2.40 bits per heavy atom. The summed E-state index contributed by atoms with van der Waals surface area (Å²) in [6, 6.07) is 1.30. The lowest BCUT2D eigenvalue weighted by Gasteiger charge is -2.39. The molecule has 3 aliphatic rings. The number of piperidine rings is 2. The third kappa shape index (κ3) is 6.76. The van der Waals surface area contributed by atoms with Crippen molar-refractivity contribution in [3.05, 3.63) is 17.5 Å². The van der Waals surface area contributed by atoms with Gasteiger partial charge in [-0.3, -0.25) is 4.79 Å². The van der Waals surface area contributed by atoms with Crippen LogP contribution in [0.4, 0.5) is 13.2 Å². The highest BCUT2D eigenvalue weighted by atomic mass is 32.2. The van der Waals surface area contributed by atoms with Crippen LogP contribution in [0.2, 0.25) is 0 Å². The van der Waals surface area contributed by atoms with Gasteiger partial charge in [-0.15, -0.1) is 0 Å². The number of alkyl halides is 3. The van der Waals surface area contributed by atoms with Gasteiger partial charge in [-0.05, 0) is 70.5 Å². The predicted octanol–water partition coefficient (Wildman–Crippen LogP) is 3.35. The van der Waals surface area contributed by atoms with Gasteiger partial charge in [0.25, 0.3) is 5.91 Å². The summed E-state index contributed by atoms with van der Waals surface area (Å²) >= 11 is 0. The Morgan fingerprint density at radius 1 is 1.17 bits per heavy atom. The minimum atomic E-state index is -4.13. The zero-order chi connectivity index (χ0) is 25.2. The van der Waals surface area contributed by atoms with Crippen molar-refractivity contribution in [2.45, 2.75) is 89.0 Å². The first-order valence-electron chi connectivity index (χ1n) is 12.6. The summed E-state index contributed by atoms with van der Waals surface area (Å²) in [4.78, 5) is 14.5. The van der Waals surface area contributed by atoms with Crippen molar-refractivity contribution >= 4 is 15.9 Å². The zero-order valence-electron chi connectivity index (χ0n) is 20.1. The Bertz CT molecular complexity index is 962. The van der Waals surface area contributed by atoms with E-state index in [0.29, 0.717) is 57.5 Å². The van der Waals surface area contributed by atoms with Gasteiger partial charge in [0.15, 0.2) is 5.69 Å². The number of nitrogens with zero attached hydrogens (tertiary/aromatic N) is 3. The first-order valence-corrected chi connectivity index (χ1v) is 14.2. The maximum Gasteiger partial charge on any atom is 0.389 e. The zero-order valence-corrected chi connectivity index (χ0v) is 20.9. The molecule has 3 atom stereocenters. The standard InChI is InChI=1S/C23H35F3N4O4S/c1-2-20-14-21(28-34-20)22(31)27-17-12-18-4-5-19(13-17)30(18)35(32,33)15-16-6-10-29(11-7-16)9-3-8-23(24,25)26/h14,16-19H,2-13,15H2,1H3,(H,27,31)/t17-,18+,19-. The number of rotatable bonds is 9. The number of fused-ring (bicyclic) bond motifs is 2. The molecule has 2 bridgehead atoms. The van der Waals surface area contributed by atoms with Crippen LogP contribution in [0.5, 0.6) is 0 Å². The molecule has 35 heavy (non-hydrogen) atoms. The van der Waals surface area contributed by atoms with Crippen LogP contribution in [0, 0.1) is 5.92 Å². The third-order valence-corrected chi connectivity index (χ3v) is 9.68. The van der Waals surface area contributed by atoms with E-state index in [1.54, 1.807) is 10.4 Å². The van der Waals surface area contributed by atoms with Gasteiger partial charge in [0.1, 0.15) is 5.76 Å². The Balaban J connectivity index is 1.25. The number of hydrogen-bond donors (Lipinski definition) is 1. The molecule has 0 saturated carbocycles. The fraction of sp³-hybridized carbons (Fsp3) is 0.826. The van der Waals surface area contributed by atoms with Crippen LogP contribution in [0.1, 0.15) is 74.5 Å². The smallest absolute Gasteiger partial charge is 0.361 e. The van der Waals surface area contributed by atoms with Crippen LogP contribution in [0.3, 0.4) is 0 Å². The van der Waals surface area contributed by atoms with E-state index < -0.39 is 22.6 Å². The molecule has 3 fully saturated rings. The van der Waals surface area contributed by atoms with Crippen LogP contribution in [-0.4, -0.2) is 78.4 Å². The SMILES string of the molecule is CCc1cc(C(=O)N[C@H]2C[C@H]3CC[C@@H](C2)N3S(=O)(=O)CC2CCN(CCCC(F)(F)F)CC2)no1. The predicted molar refractivity (Wildman–Crippen MR) is 123 cm³/mol. The number of likely N-dealkylation sites (tertiary alicyclic amines) is 1. The highest BCUT2D eigenvalue weighted by molar-refractivity contribution is 7.89. The van der Waals surface area contributed by atoms with E-state index in [1.807, 2.05) is 11.8 Å². The Kier molecular flexibility index (Phi) is 8.12. The maximum absolute atomic E-state index is 13.3. The van der Waals surface area contributed by atoms with E-state index >= 15 is 0 Å². The molecule has 4 rings (SSSR count). The fourth-order valence-corrected chi connectivity index (χ4v) is 8.21. The number of carbonyl (C=O) groups excluding carboxylic acids is 1. The molecule has 198 valence electrons. The minimum absolute atomic E-state index is 0.0237. The highest BCUT2D eigenvalue weighted by Crippen LogP contribution is 2.39. The summed E-state index contributed by atoms with van der Waals surface area (Å²) in [5.41, 5.74) is 0.244. The van der Waals surface area contributed by atoms with Gasteiger partial charge in [-0.25, -0.2) is 8.42 Å². The number of carbonyl (C=O) groups is 1. The lowest BCUT2D eigenvalue weighted by Crippen LogP contribution is -2.53. The molecule has 1 aromatic heterocycles. The Labute approximate surface area is 204 Å². The van der Waals surface area contributed by atoms with Crippen molar-refractivity contribution in [3.63, 3.8) is 0 Å². The van der Waals surface area contributed by atoms with Crippen molar-refractivity contribution in [1.29, 1.82) is 0 Å². The lowest BCUT2D eigenvalue weighted by atomic mass is 9.99. The van der Waals surface area contributed by atoms with Crippen molar-refractivity contribution in [2.24, 2.45) is 5.92 Å². The number of nitrogens with one attached hydrogen (secondary N) is 1. The first kappa shape index (κ1) is 26.4. The number of sulfonamides is 1. The monoisotopic (exact) mass is 520 g/mol. The van der Waals surface area contributed by atoms with E-state index in [0.717, 1.165) is 12.8 Å². The molecule has 1 amide bonds. The summed E-state index contributed by atoms with van der Waals surface area (Å²) in [7, 11) is -3.45. The van der Waals surface area contributed by atoms with Crippen molar-refractivity contribution in [3.8, 4) is 0 Å². The highest BCUT2D eigenvalue weighted by Gasteiger charge is 2.47. The van der Waals surface area contributed by atoms with Gasteiger partial charge >= 0.3 is 6.18 Å². The van der Waals surface area contributed by atoms with E-state index in [9.17, 15) is 26.4 Å². The molecule has 3 aliphatic heterocycles. The molecular weight excluding hydrogens is 485 g/mol. The summed E-state index contributed by atoms with van der Waals surface area (Å²) in [6.45, 7) is 3.59. The van der Waals surface area contributed by atoms with Crippen LogP contribution in [0.15, 0.2) is 10.6 Å². The summed E-state index contributed by atoms with van der Waals surface area (Å²) in [6.07, 6.45) is -0.0644. The average molecular weight is 521 g/mol. The number of halogens is 3. The van der Waals surface area contributed by atoms with E-state index in [-0.39, 0.29) is 47.8 Å². The topological polar surface area (TPSA) is 95.8 Å². The van der Waals surface area contributed by atoms with E-state index in [4.69, 9.17) is 4.52 Å². The molecular formula is C23H35F3N4O4S. The van der Waals surface area contributed by atoms with Crippen molar-refractivity contribution < 1.29 is 30.9 Å². The molecule has 12 heteroatoms. The molecule has 1 N–H and O–H groups in total. The van der Waals surface area contributed by atoms with Crippen LogP contribution in [0.25, 0.3) is 0 Å². The van der Waals surface area contributed by atoms with Gasteiger partial charge in [0.05, 0.1) is 5.75 Å². The first-order chi connectivity index (χ1) is 16.5. The fourth-order valence-electron chi connectivity index (χ4n) is 5.82. The second kappa shape index (κ2) is 10.8. The molecule has 1 aromatic rings. The van der Waals surface area contributed by atoms with Gasteiger partial charge < -0.3 is 14.7 Å². The summed E-state index contributed by atoms with van der Waals surface area (Å²) in [5, 5.41) is 6.81. The molecule has 8 nitrogen and oxygen atoms in total. The molecule has 0 aromatic carbocycles. The van der Waals surface area contributed by atoms with E-state index in [1.165, 1.54) is 0 Å². The number of amides is 1. The largest absolute Gasteiger partial charge is 0.389 e. The Morgan fingerprint density at radius 2 is 1.83 bits per heavy atom. The van der Waals surface area contributed by atoms with Crippen molar-refractivity contribution in [2.75, 3.05) is 25.4 Å². The molecule has 0 radical (unpaired) electrons. The Hall–Kier alpha value is -1.66. The molecule has 0 spiro atoms. The average Bonchev–Trinajstić information content (AvgIpc) is 3.37. The van der Waals surface area contributed by atoms with Gasteiger partial charge in [-0.1, -0.05) is 12.1 Å². The minimum Gasteiger partial charge on any atom is -0.361 e. The number of aryl methyl sites for hydroxylation is 1. The lowest BCUT2D eigenvalue weighted by molar-refractivity contribution is -0.136. The van der Waals surface area contributed by atoms with Crippen LogP contribution < -0.4 is 5.32 Å². The second-order valence-corrected chi connectivity index (χ2v) is 12.1. The molecule has 0 unspecified atom stereocenters. The van der Waals surface area contributed by atoms with Gasteiger partial charge in [0.2, 0.25) is 10.0 Å². The molecule has 0 aliphatic carbocycles. The van der Waals surface area contributed by atoms with E-state index in [2.05, 4.69) is 10.5 Å². The number of aromatic nitrogens is 1. The van der Waals surface area contributed by atoms with Crippen molar-refractivity contribution in [1.82, 2.24) is 19.7 Å². The third-order valence-electron chi connectivity index (χ3n) is 7.55. The normalized spacial score (nSPS) is 26.8. The molecule has 4 heterocycles. The summed E-state index contributed by atoms with van der Waals surface area (Å²) in [5.74, 6) is 0.460. The van der Waals surface area contributed by atoms with Gasteiger partial charge in [0, 0.05) is 37.0 Å². The summed E-state index contributed by atoms with van der Waals surface area (Å²) < 4.78 is 70.6. The van der Waals surface area contributed by atoms with Gasteiger partial charge in [-0.2, -0.15) is 17.5 Å².